The number of rotatable bonds is 5. The molecule has 1 aliphatic rings. The molecule has 2 aromatic heterocycles. The number of aliphatic hydroxyl groups is 2. The maximum Gasteiger partial charge on any atom is 0.167 e. The zero-order valence-electron chi connectivity index (χ0n) is 12.6. The van der Waals surface area contributed by atoms with Gasteiger partial charge in [0.2, 0.25) is 0 Å². The molecule has 10 heteroatoms. The van der Waals surface area contributed by atoms with E-state index in [0.717, 1.165) is 0 Å². The highest BCUT2D eigenvalue weighted by atomic mass is 16.6. The van der Waals surface area contributed by atoms with Crippen LogP contribution in [-0.2, 0) is 9.47 Å². The van der Waals surface area contributed by atoms with E-state index in [4.69, 9.17) is 20.9 Å². The molecule has 1 aliphatic heterocycles. The van der Waals surface area contributed by atoms with Gasteiger partial charge < -0.3 is 31.2 Å². The highest BCUT2D eigenvalue weighted by Gasteiger charge is 2.44. The molecule has 0 aromatic carbocycles. The van der Waals surface area contributed by atoms with Gasteiger partial charge in [0.1, 0.15) is 30.2 Å². The first-order valence-electron chi connectivity index (χ1n) is 7.27. The van der Waals surface area contributed by atoms with Crippen LogP contribution in [-0.4, -0.2) is 67.3 Å². The van der Waals surface area contributed by atoms with E-state index in [1.165, 1.54) is 17.2 Å². The number of ether oxygens (including phenoxy) is 2. The Balaban J connectivity index is 1.78. The van der Waals surface area contributed by atoms with Crippen LogP contribution in [0.5, 0.6) is 0 Å². The van der Waals surface area contributed by atoms with E-state index in [9.17, 15) is 10.2 Å². The lowest BCUT2D eigenvalue weighted by molar-refractivity contribution is -0.0663. The van der Waals surface area contributed by atoms with Gasteiger partial charge in [-0.15, -0.1) is 0 Å². The summed E-state index contributed by atoms with van der Waals surface area (Å²) in [7, 11) is 0. The zero-order valence-corrected chi connectivity index (χ0v) is 12.6. The minimum absolute atomic E-state index is 0.119. The van der Waals surface area contributed by atoms with Gasteiger partial charge in [-0.2, -0.15) is 0 Å². The molecule has 6 N–H and O–H groups in total. The van der Waals surface area contributed by atoms with Crippen LogP contribution in [0.15, 0.2) is 12.7 Å². The fraction of sp³-hybridized carbons (Fsp3) is 0.615. The monoisotopic (exact) mass is 324 g/mol. The Morgan fingerprint density at radius 3 is 2.87 bits per heavy atom. The molecule has 1 unspecified atom stereocenters. The molecule has 5 atom stereocenters. The molecule has 23 heavy (non-hydrogen) atoms. The Labute approximate surface area is 132 Å². The van der Waals surface area contributed by atoms with Crippen molar-refractivity contribution in [2.75, 3.05) is 18.9 Å². The molecule has 126 valence electrons. The van der Waals surface area contributed by atoms with Crippen molar-refractivity contribution in [3.05, 3.63) is 12.7 Å². The van der Waals surface area contributed by atoms with Crippen LogP contribution in [0.2, 0.25) is 0 Å². The van der Waals surface area contributed by atoms with Crippen molar-refractivity contribution in [2.45, 2.75) is 37.5 Å². The quantitative estimate of drug-likeness (QED) is 0.508. The third-order valence-electron chi connectivity index (χ3n) is 3.66. The van der Waals surface area contributed by atoms with Crippen LogP contribution in [0.25, 0.3) is 11.2 Å². The van der Waals surface area contributed by atoms with Crippen LogP contribution in [0.3, 0.4) is 0 Å². The molecule has 0 aliphatic carbocycles. The van der Waals surface area contributed by atoms with E-state index in [1.807, 2.05) is 6.92 Å². The summed E-state index contributed by atoms with van der Waals surface area (Å²) in [6, 6.07) is -0.119. The lowest BCUT2D eigenvalue weighted by Gasteiger charge is -2.16. The summed E-state index contributed by atoms with van der Waals surface area (Å²) < 4.78 is 12.6. The number of imidazole rings is 1. The molecule has 0 saturated carbocycles. The van der Waals surface area contributed by atoms with E-state index in [-0.39, 0.29) is 18.5 Å². The van der Waals surface area contributed by atoms with Crippen molar-refractivity contribution >= 4 is 17.0 Å². The summed E-state index contributed by atoms with van der Waals surface area (Å²) in [6.07, 6.45) is -1.01. The highest BCUT2D eigenvalue weighted by molar-refractivity contribution is 5.81. The summed E-state index contributed by atoms with van der Waals surface area (Å²) >= 11 is 0. The van der Waals surface area contributed by atoms with Crippen LogP contribution in [0, 0.1) is 0 Å². The number of fused-ring (bicyclic) bond motifs is 1. The number of aromatic nitrogens is 4. The lowest BCUT2D eigenvalue weighted by Crippen LogP contribution is -2.35. The molecular weight excluding hydrogens is 304 g/mol. The van der Waals surface area contributed by atoms with Crippen molar-refractivity contribution in [2.24, 2.45) is 5.73 Å². The maximum absolute atomic E-state index is 10.3. The number of nitrogens with zero attached hydrogens (tertiary/aromatic N) is 4. The molecule has 10 nitrogen and oxygen atoms in total. The topological polar surface area (TPSA) is 155 Å². The number of hydrogen-bond acceptors (Lipinski definition) is 9. The third-order valence-corrected chi connectivity index (χ3v) is 3.66. The molecule has 3 rings (SSSR count). The van der Waals surface area contributed by atoms with Crippen molar-refractivity contribution in [1.29, 1.82) is 0 Å². The van der Waals surface area contributed by atoms with Crippen LogP contribution in [0.4, 0.5) is 5.82 Å². The van der Waals surface area contributed by atoms with Crippen molar-refractivity contribution in [1.82, 2.24) is 19.5 Å². The molecule has 1 saturated heterocycles. The zero-order chi connectivity index (χ0) is 16.6. The minimum Gasteiger partial charge on any atom is -0.387 e. The molecular formula is C13H20N6O4. The fourth-order valence-electron chi connectivity index (χ4n) is 2.52. The standard InChI is InChI=1S/C13H20N6O4/c1-6(14)2-22-3-7-9(20)10(21)13(23-7)19-5-18-8-11(15)16-4-17-12(8)19/h4-7,9-10,13,20-21H,2-3,14H2,1H3,(H2,15,16,17)/t6?,7-,9-,10-,13-/m1/s1. The normalized spacial score (nSPS) is 29.2. The second kappa shape index (κ2) is 6.34. The van der Waals surface area contributed by atoms with Crippen LogP contribution in [0.1, 0.15) is 13.2 Å². The minimum atomic E-state index is -1.15. The van der Waals surface area contributed by atoms with E-state index in [1.54, 1.807) is 0 Å². The van der Waals surface area contributed by atoms with Crippen molar-refractivity contribution < 1.29 is 19.7 Å². The van der Waals surface area contributed by atoms with Crippen LogP contribution >= 0.6 is 0 Å². The Morgan fingerprint density at radius 1 is 1.35 bits per heavy atom. The number of hydrogen-bond donors (Lipinski definition) is 4. The second-order valence-corrected chi connectivity index (χ2v) is 5.64. The number of nitrogens with two attached hydrogens (primary N) is 2. The van der Waals surface area contributed by atoms with E-state index >= 15 is 0 Å². The fourth-order valence-corrected chi connectivity index (χ4v) is 2.52. The van der Waals surface area contributed by atoms with Gasteiger partial charge in [0.25, 0.3) is 0 Å². The van der Waals surface area contributed by atoms with Gasteiger partial charge in [-0.25, -0.2) is 15.0 Å². The predicted molar refractivity (Wildman–Crippen MR) is 80.1 cm³/mol. The largest absolute Gasteiger partial charge is 0.387 e. The van der Waals surface area contributed by atoms with Gasteiger partial charge in [0, 0.05) is 6.04 Å². The van der Waals surface area contributed by atoms with Gasteiger partial charge in [-0.1, -0.05) is 0 Å². The van der Waals surface area contributed by atoms with Gasteiger partial charge in [-0.05, 0) is 6.92 Å². The van der Waals surface area contributed by atoms with Gasteiger partial charge in [0.05, 0.1) is 19.5 Å². The second-order valence-electron chi connectivity index (χ2n) is 5.64. The first-order chi connectivity index (χ1) is 11.0. The maximum atomic E-state index is 10.3. The molecule has 0 radical (unpaired) electrons. The summed E-state index contributed by atoms with van der Waals surface area (Å²) in [6.45, 7) is 2.27. The first kappa shape index (κ1) is 16.0. The predicted octanol–water partition coefficient (Wildman–Crippen LogP) is -1.61. The lowest BCUT2D eigenvalue weighted by atomic mass is 10.1. The summed E-state index contributed by atoms with van der Waals surface area (Å²) in [5.41, 5.74) is 12.2. The molecule has 0 bridgehead atoms. The van der Waals surface area contributed by atoms with E-state index in [2.05, 4.69) is 15.0 Å². The van der Waals surface area contributed by atoms with Crippen molar-refractivity contribution in [3.63, 3.8) is 0 Å². The first-order valence-corrected chi connectivity index (χ1v) is 7.27. The van der Waals surface area contributed by atoms with Gasteiger partial charge in [-0.3, -0.25) is 4.57 Å². The molecule has 1 fully saturated rings. The SMILES string of the molecule is CC(N)COC[C@H]1O[C@@H](n2cnc3c(N)ncnc32)[C@H](O)[C@@H]1O. The summed E-state index contributed by atoms with van der Waals surface area (Å²) in [5, 5.41) is 20.4. The van der Waals surface area contributed by atoms with Gasteiger partial charge in [0.15, 0.2) is 17.7 Å². The average Bonchev–Trinajstić information content (AvgIpc) is 3.04. The van der Waals surface area contributed by atoms with E-state index < -0.39 is 24.5 Å². The van der Waals surface area contributed by atoms with Crippen molar-refractivity contribution in [3.8, 4) is 0 Å². The third kappa shape index (κ3) is 2.99. The summed E-state index contributed by atoms with van der Waals surface area (Å²) in [5.74, 6) is 0.235. The Bertz CT molecular complexity index is 678. The number of anilines is 1. The molecule has 2 aromatic rings. The average molecular weight is 324 g/mol. The summed E-state index contributed by atoms with van der Waals surface area (Å²) in [4.78, 5) is 12.1. The Morgan fingerprint density at radius 2 is 2.13 bits per heavy atom. The highest BCUT2D eigenvalue weighted by Crippen LogP contribution is 2.32. The van der Waals surface area contributed by atoms with Crippen LogP contribution < -0.4 is 11.5 Å². The smallest absolute Gasteiger partial charge is 0.167 e. The van der Waals surface area contributed by atoms with Gasteiger partial charge >= 0.3 is 0 Å². The number of nitrogen functional groups attached to an aromatic ring is 1. The molecule has 0 spiro atoms. The van der Waals surface area contributed by atoms with E-state index in [0.29, 0.717) is 17.8 Å². The molecule has 0 amide bonds. The molecule has 3 heterocycles. The number of aliphatic hydroxyl groups excluding tert-OH is 2. The Hall–Kier alpha value is -1.85. The Kier molecular flexibility index (Phi) is 4.41.